The van der Waals surface area contributed by atoms with E-state index in [0.29, 0.717) is 3.57 Å². The smallest absolute Gasteiger partial charge is 0.294 e. The van der Waals surface area contributed by atoms with E-state index >= 15 is 0 Å². The van der Waals surface area contributed by atoms with Gasteiger partial charge in [-0.1, -0.05) is 0 Å². The van der Waals surface area contributed by atoms with E-state index in [1.807, 2.05) is 43.4 Å². The first-order chi connectivity index (χ1) is 5.82. The van der Waals surface area contributed by atoms with Gasteiger partial charge in [0.05, 0.1) is 3.57 Å². The Balaban J connectivity index is 3.51. The van der Waals surface area contributed by atoms with Gasteiger partial charge < -0.3 is 0 Å². The summed E-state index contributed by atoms with van der Waals surface area (Å²) in [5, 5.41) is 0. The van der Waals surface area contributed by atoms with E-state index in [0.717, 1.165) is 0 Å². The molecule has 0 radical (unpaired) electrons. The maximum absolute atomic E-state index is 11.3. The molecule has 1 N–H and O–H groups in total. The number of rotatable bonds is 0. The highest BCUT2D eigenvalue weighted by molar-refractivity contribution is 14.1. The van der Waals surface area contributed by atoms with Crippen LogP contribution in [0.1, 0.15) is 20.8 Å². The first kappa shape index (κ1) is 10.5. The van der Waals surface area contributed by atoms with Crippen LogP contribution < -0.4 is 11.2 Å². The number of aromatic amines is 1. The molecular weight excluding hydrogens is 283 g/mol. The second-order valence-corrected chi connectivity index (χ2v) is 4.94. The van der Waals surface area contributed by atoms with E-state index in [4.69, 9.17) is 0 Å². The van der Waals surface area contributed by atoms with Crippen LogP contribution in [0, 0.1) is 3.57 Å². The van der Waals surface area contributed by atoms with E-state index in [1.165, 1.54) is 4.57 Å². The second-order valence-electron chi connectivity index (χ2n) is 3.78. The van der Waals surface area contributed by atoms with E-state index in [2.05, 4.69) is 4.98 Å². The van der Waals surface area contributed by atoms with Crippen molar-refractivity contribution < 1.29 is 0 Å². The molecule has 4 nitrogen and oxygen atoms in total. The van der Waals surface area contributed by atoms with Gasteiger partial charge in [-0.25, -0.2) is 4.79 Å². The van der Waals surface area contributed by atoms with Gasteiger partial charge in [0.15, 0.2) is 0 Å². The van der Waals surface area contributed by atoms with Crippen molar-refractivity contribution in [2.75, 3.05) is 0 Å². The van der Waals surface area contributed by atoms with Crippen LogP contribution in [0.15, 0.2) is 15.8 Å². The summed E-state index contributed by atoms with van der Waals surface area (Å²) in [5.74, 6) is 0. The summed E-state index contributed by atoms with van der Waals surface area (Å²) in [6.07, 6.45) is 1.57. The molecule has 0 saturated carbocycles. The van der Waals surface area contributed by atoms with Crippen LogP contribution in [-0.2, 0) is 5.54 Å². The molecular formula is C8H11IN2O2. The Labute approximate surface area is 89.1 Å². The fourth-order valence-electron chi connectivity index (χ4n) is 0.946. The number of aromatic nitrogens is 2. The predicted octanol–water partition coefficient (Wildman–Crippen LogP) is 0.896. The van der Waals surface area contributed by atoms with Crippen LogP contribution in [0.4, 0.5) is 0 Å². The van der Waals surface area contributed by atoms with Crippen molar-refractivity contribution in [1.29, 1.82) is 0 Å². The highest BCUT2D eigenvalue weighted by Gasteiger charge is 2.15. The Morgan fingerprint density at radius 3 is 2.38 bits per heavy atom. The number of hydrogen-bond acceptors (Lipinski definition) is 2. The van der Waals surface area contributed by atoms with Crippen molar-refractivity contribution in [2.24, 2.45) is 0 Å². The van der Waals surface area contributed by atoms with E-state index in [-0.39, 0.29) is 16.8 Å². The maximum Gasteiger partial charge on any atom is 0.328 e. The van der Waals surface area contributed by atoms with Crippen LogP contribution in [0.5, 0.6) is 0 Å². The molecule has 0 fully saturated rings. The van der Waals surface area contributed by atoms with Crippen LogP contribution >= 0.6 is 22.6 Å². The standard InChI is InChI=1S/C8H11IN2O2/c1-8(2,3)11-4-5(9)6(12)10-7(11)13/h4H,1-3H3,(H,10,12,13). The fraction of sp³-hybridized carbons (Fsp3) is 0.500. The van der Waals surface area contributed by atoms with Gasteiger partial charge in [0, 0.05) is 11.7 Å². The molecule has 0 spiro atoms. The normalized spacial score (nSPS) is 11.7. The molecule has 5 heteroatoms. The topological polar surface area (TPSA) is 54.9 Å². The zero-order valence-electron chi connectivity index (χ0n) is 7.72. The molecule has 0 aromatic carbocycles. The lowest BCUT2D eigenvalue weighted by Gasteiger charge is -2.21. The molecule has 0 bridgehead atoms. The van der Waals surface area contributed by atoms with Crippen molar-refractivity contribution in [3.05, 3.63) is 30.6 Å². The summed E-state index contributed by atoms with van der Waals surface area (Å²) < 4.78 is 2.03. The molecule has 1 rings (SSSR count). The molecule has 72 valence electrons. The molecule has 13 heavy (non-hydrogen) atoms. The van der Waals surface area contributed by atoms with Gasteiger partial charge >= 0.3 is 5.69 Å². The van der Waals surface area contributed by atoms with Gasteiger partial charge in [0.25, 0.3) is 5.56 Å². The molecule has 0 aliphatic rings. The molecule has 0 atom stereocenters. The summed E-state index contributed by atoms with van der Waals surface area (Å²) in [5.41, 5.74) is -0.995. The first-order valence-electron chi connectivity index (χ1n) is 3.84. The lowest BCUT2D eigenvalue weighted by Crippen LogP contribution is -2.39. The van der Waals surface area contributed by atoms with Gasteiger partial charge in [-0.15, -0.1) is 0 Å². The largest absolute Gasteiger partial charge is 0.328 e. The maximum atomic E-state index is 11.3. The summed E-state index contributed by atoms with van der Waals surface area (Å²) in [6.45, 7) is 5.72. The summed E-state index contributed by atoms with van der Waals surface area (Å²) in [6, 6.07) is 0. The third kappa shape index (κ3) is 2.20. The SMILES string of the molecule is CC(C)(C)n1cc(I)c(=O)[nH]c1=O. The first-order valence-corrected chi connectivity index (χ1v) is 4.92. The Morgan fingerprint density at radius 2 is 1.92 bits per heavy atom. The summed E-state index contributed by atoms with van der Waals surface area (Å²) in [4.78, 5) is 24.6. The highest BCUT2D eigenvalue weighted by atomic mass is 127. The molecule has 1 aromatic heterocycles. The monoisotopic (exact) mass is 294 g/mol. The zero-order valence-corrected chi connectivity index (χ0v) is 9.88. The Hall–Kier alpha value is -0.590. The Bertz CT molecular complexity index is 425. The summed E-state index contributed by atoms with van der Waals surface area (Å²) in [7, 11) is 0. The molecule has 1 aromatic rings. The number of H-pyrrole nitrogens is 1. The second kappa shape index (κ2) is 3.28. The average Bonchev–Trinajstić information content (AvgIpc) is 1.94. The minimum atomic E-state index is -0.363. The molecule has 1 heterocycles. The van der Waals surface area contributed by atoms with Gasteiger partial charge in [-0.2, -0.15) is 0 Å². The zero-order chi connectivity index (χ0) is 10.2. The fourth-order valence-corrected chi connectivity index (χ4v) is 1.36. The average molecular weight is 294 g/mol. The lowest BCUT2D eigenvalue weighted by molar-refractivity contribution is 0.375. The van der Waals surface area contributed by atoms with Crippen molar-refractivity contribution in [1.82, 2.24) is 9.55 Å². The van der Waals surface area contributed by atoms with Gasteiger partial charge in [-0.05, 0) is 43.4 Å². The molecule has 0 aliphatic carbocycles. The van der Waals surface area contributed by atoms with Crippen LogP contribution in [0.3, 0.4) is 0 Å². The Morgan fingerprint density at radius 1 is 1.38 bits per heavy atom. The number of halogens is 1. The number of nitrogens with one attached hydrogen (secondary N) is 1. The molecule has 0 aliphatic heterocycles. The minimum absolute atomic E-state index is 0.304. The number of nitrogens with zero attached hydrogens (tertiary/aromatic N) is 1. The van der Waals surface area contributed by atoms with Gasteiger partial charge in [0.2, 0.25) is 0 Å². The van der Waals surface area contributed by atoms with E-state index in [1.54, 1.807) is 6.20 Å². The molecule has 0 unspecified atom stereocenters. The third-order valence-corrected chi connectivity index (χ3v) is 2.39. The number of hydrogen-bond donors (Lipinski definition) is 1. The van der Waals surface area contributed by atoms with E-state index < -0.39 is 0 Å². The van der Waals surface area contributed by atoms with Crippen molar-refractivity contribution in [3.8, 4) is 0 Å². The molecule has 0 saturated heterocycles. The van der Waals surface area contributed by atoms with Crippen LogP contribution in [0.25, 0.3) is 0 Å². The Kier molecular flexibility index (Phi) is 2.65. The van der Waals surface area contributed by atoms with E-state index in [9.17, 15) is 9.59 Å². The minimum Gasteiger partial charge on any atom is -0.294 e. The van der Waals surface area contributed by atoms with Crippen LogP contribution in [-0.4, -0.2) is 9.55 Å². The highest BCUT2D eigenvalue weighted by Crippen LogP contribution is 2.10. The van der Waals surface area contributed by atoms with Gasteiger partial charge in [0.1, 0.15) is 0 Å². The van der Waals surface area contributed by atoms with Gasteiger partial charge in [-0.3, -0.25) is 14.3 Å². The quantitative estimate of drug-likeness (QED) is 0.723. The van der Waals surface area contributed by atoms with Crippen molar-refractivity contribution in [2.45, 2.75) is 26.3 Å². The summed E-state index contributed by atoms with van der Waals surface area (Å²) >= 11 is 1.90. The van der Waals surface area contributed by atoms with Crippen molar-refractivity contribution >= 4 is 22.6 Å². The molecule has 0 amide bonds. The third-order valence-electron chi connectivity index (χ3n) is 1.62. The predicted molar refractivity (Wildman–Crippen MR) is 59.0 cm³/mol. The lowest BCUT2D eigenvalue weighted by atomic mass is 10.1. The van der Waals surface area contributed by atoms with Crippen LogP contribution in [0.2, 0.25) is 0 Å². The van der Waals surface area contributed by atoms with Crippen molar-refractivity contribution in [3.63, 3.8) is 0 Å².